The third-order valence-corrected chi connectivity index (χ3v) is 1.95. The second kappa shape index (κ2) is 6.08. The summed E-state index contributed by atoms with van der Waals surface area (Å²) in [5, 5.41) is 0. The molecule has 0 N–H and O–H groups in total. The van der Waals surface area contributed by atoms with Gasteiger partial charge in [-0.2, -0.15) is 0 Å². The van der Waals surface area contributed by atoms with Crippen LogP contribution in [0.2, 0.25) is 0 Å². The summed E-state index contributed by atoms with van der Waals surface area (Å²) in [5.41, 5.74) is 4.83. The van der Waals surface area contributed by atoms with Crippen molar-refractivity contribution in [2.45, 2.75) is 47.5 Å². The van der Waals surface area contributed by atoms with E-state index < -0.39 is 0 Å². The van der Waals surface area contributed by atoms with Crippen LogP contribution in [0, 0.1) is 11.8 Å². The van der Waals surface area contributed by atoms with Gasteiger partial charge >= 0.3 is 0 Å². The first-order valence-corrected chi connectivity index (χ1v) is 5.01. The molecule has 0 aromatic carbocycles. The van der Waals surface area contributed by atoms with Gasteiger partial charge in [-0.15, -0.1) is 5.73 Å². The maximum absolute atomic E-state index is 3.39. The summed E-state index contributed by atoms with van der Waals surface area (Å²) in [6.07, 6.45) is 4.46. The molecule has 0 saturated carbocycles. The molecule has 0 saturated heterocycles. The minimum Gasteiger partial charge on any atom is -0.126 e. The summed E-state index contributed by atoms with van der Waals surface area (Å²) in [6, 6.07) is 0. The number of hydrogen-bond donors (Lipinski definition) is 0. The van der Waals surface area contributed by atoms with Gasteiger partial charge < -0.3 is 0 Å². The van der Waals surface area contributed by atoms with E-state index in [0.717, 1.165) is 18.8 Å². The van der Waals surface area contributed by atoms with E-state index in [4.69, 9.17) is 0 Å². The Balaban J connectivity index is 4.17. The first kappa shape index (κ1) is 11.5. The van der Waals surface area contributed by atoms with E-state index in [1.807, 2.05) is 0 Å². The highest BCUT2D eigenvalue weighted by Crippen LogP contribution is 2.11. The van der Waals surface area contributed by atoms with E-state index in [2.05, 4.69) is 46.4 Å². The molecule has 0 unspecified atom stereocenters. The Morgan fingerprint density at radius 3 is 2.17 bits per heavy atom. The molecular formula is C12H22. The normalized spacial score (nSPS) is 10.2. The van der Waals surface area contributed by atoms with Gasteiger partial charge in [0, 0.05) is 0 Å². The predicted octanol–water partition coefficient (Wildman–Crippen LogP) is 4.18. The molecule has 0 nitrogen and oxygen atoms in total. The number of hydrogen-bond acceptors (Lipinski definition) is 0. The largest absolute Gasteiger partial charge is 0.126 e. The molecule has 0 aliphatic rings. The van der Waals surface area contributed by atoms with Crippen LogP contribution >= 0.6 is 0 Å². The van der Waals surface area contributed by atoms with Crippen molar-refractivity contribution in [1.29, 1.82) is 0 Å². The molecule has 0 amide bonds. The van der Waals surface area contributed by atoms with Crippen LogP contribution in [0.4, 0.5) is 0 Å². The highest BCUT2D eigenvalue weighted by molar-refractivity contribution is 5.03. The Bertz CT molecular complexity index is 166. The van der Waals surface area contributed by atoms with Gasteiger partial charge in [0.05, 0.1) is 0 Å². The highest BCUT2D eigenvalue weighted by atomic mass is 14.0. The van der Waals surface area contributed by atoms with E-state index in [1.165, 1.54) is 5.57 Å². The fourth-order valence-corrected chi connectivity index (χ4v) is 1.10. The average molecular weight is 166 g/mol. The molecule has 0 atom stereocenters. The van der Waals surface area contributed by atoms with E-state index in [9.17, 15) is 0 Å². The lowest BCUT2D eigenvalue weighted by Gasteiger charge is -2.04. The Morgan fingerprint density at radius 1 is 1.25 bits per heavy atom. The molecule has 0 heterocycles. The molecule has 0 heteroatoms. The van der Waals surface area contributed by atoms with Gasteiger partial charge in [0.1, 0.15) is 0 Å². The lowest BCUT2D eigenvalue weighted by atomic mass is 10.0. The van der Waals surface area contributed by atoms with Crippen LogP contribution in [0.5, 0.6) is 0 Å². The van der Waals surface area contributed by atoms with Crippen molar-refractivity contribution in [3.63, 3.8) is 0 Å². The van der Waals surface area contributed by atoms with Crippen LogP contribution in [-0.4, -0.2) is 0 Å². The fraction of sp³-hybridized carbons (Fsp3) is 0.750. The van der Waals surface area contributed by atoms with Gasteiger partial charge in [-0.25, -0.2) is 0 Å². The molecule has 0 bridgehead atoms. The molecule has 0 aromatic rings. The van der Waals surface area contributed by atoms with E-state index >= 15 is 0 Å². The molecule has 12 heavy (non-hydrogen) atoms. The van der Waals surface area contributed by atoms with Crippen molar-refractivity contribution < 1.29 is 0 Å². The van der Waals surface area contributed by atoms with Crippen LogP contribution in [0.3, 0.4) is 0 Å². The molecular weight excluding hydrogens is 144 g/mol. The smallest absolute Gasteiger partial charge is 0.0184 e. The van der Waals surface area contributed by atoms with E-state index in [-0.39, 0.29) is 0 Å². The monoisotopic (exact) mass is 166 g/mol. The van der Waals surface area contributed by atoms with Gasteiger partial charge in [0.2, 0.25) is 0 Å². The Morgan fingerprint density at radius 2 is 1.83 bits per heavy atom. The van der Waals surface area contributed by atoms with Crippen molar-refractivity contribution in [3.05, 3.63) is 17.4 Å². The minimum atomic E-state index is 0.651. The third-order valence-electron chi connectivity index (χ3n) is 1.95. The summed E-state index contributed by atoms with van der Waals surface area (Å²) in [6.45, 7) is 11.1. The van der Waals surface area contributed by atoms with Crippen LogP contribution in [0.1, 0.15) is 47.5 Å². The molecule has 0 aromatic heterocycles. The zero-order valence-electron chi connectivity index (χ0n) is 9.15. The van der Waals surface area contributed by atoms with Crippen LogP contribution in [0.15, 0.2) is 17.4 Å². The summed E-state index contributed by atoms with van der Waals surface area (Å²) in [4.78, 5) is 0. The molecule has 0 aliphatic heterocycles. The summed E-state index contributed by atoms with van der Waals surface area (Å²) in [5.74, 6) is 1.40. The zero-order valence-corrected chi connectivity index (χ0v) is 9.15. The van der Waals surface area contributed by atoms with E-state index in [1.54, 1.807) is 0 Å². The quantitative estimate of drug-likeness (QED) is 0.550. The lowest BCUT2D eigenvalue weighted by Crippen LogP contribution is -1.90. The van der Waals surface area contributed by atoms with Crippen molar-refractivity contribution >= 4 is 0 Å². The molecule has 0 rings (SSSR count). The topological polar surface area (TPSA) is 0 Å². The maximum Gasteiger partial charge on any atom is -0.0184 e. The molecule has 0 aliphatic carbocycles. The van der Waals surface area contributed by atoms with Crippen molar-refractivity contribution in [3.8, 4) is 0 Å². The number of allylic oxidation sites excluding steroid dienone is 1. The lowest BCUT2D eigenvalue weighted by molar-refractivity contribution is 0.662. The van der Waals surface area contributed by atoms with Crippen LogP contribution < -0.4 is 0 Å². The second-order valence-electron chi connectivity index (χ2n) is 4.01. The van der Waals surface area contributed by atoms with Crippen molar-refractivity contribution in [1.82, 2.24) is 0 Å². The minimum absolute atomic E-state index is 0.651. The molecule has 0 radical (unpaired) electrons. The van der Waals surface area contributed by atoms with Gasteiger partial charge in [-0.1, -0.05) is 34.6 Å². The molecule has 0 spiro atoms. The second-order valence-corrected chi connectivity index (χ2v) is 4.01. The standard InChI is InChI=1S/C12H22/c1-6-12(11(4)5)9-7-8-10(2)3/h7,10-11H,6,8H2,1-5H3. The average Bonchev–Trinajstić information content (AvgIpc) is 1.96. The predicted molar refractivity (Wildman–Crippen MR) is 56.2 cm³/mol. The van der Waals surface area contributed by atoms with Gasteiger partial charge in [-0.05, 0) is 36.3 Å². The van der Waals surface area contributed by atoms with Crippen molar-refractivity contribution in [2.24, 2.45) is 11.8 Å². The van der Waals surface area contributed by atoms with Crippen LogP contribution in [-0.2, 0) is 0 Å². The SMILES string of the molecule is CCC(=C=CCC(C)C)C(C)C. The Labute approximate surface area is 77.4 Å². The highest BCUT2D eigenvalue weighted by Gasteiger charge is 1.97. The summed E-state index contributed by atoms with van der Waals surface area (Å²) >= 11 is 0. The van der Waals surface area contributed by atoms with E-state index in [0.29, 0.717) is 5.92 Å². The first-order valence-electron chi connectivity index (χ1n) is 5.01. The number of rotatable bonds is 4. The van der Waals surface area contributed by atoms with Gasteiger partial charge in [0.25, 0.3) is 0 Å². The maximum atomic E-state index is 3.39. The molecule has 0 fully saturated rings. The van der Waals surface area contributed by atoms with Crippen LogP contribution in [0.25, 0.3) is 0 Å². The summed E-state index contributed by atoms with van der Waals surface area (Å²) < 4.78 is 0. The summed E-state index contributed by atoms with van der Waals surface area (Å²) in [7, 11) is 0. The molecule has 70 valence electrons. The van der Waals surface area contributed by atoms with Crippen molar-refractivity contribution in [2.75, 3.05) is 0 Å². The van der Waals surface area contributed by atoms with Gasteiger partial charge in [-0.3, -0.25) is 0 Å². The third kappa shape index (κ3) is 5.21. The van der Waals surface area contributed by atoms with Gasteiger partial charge in [0.15, 0.2) is 0 Å². The Hall–Kier alpha value is -0.480. The fourth-order valence-electron chi connectivity index (χ4n) is 1.10. The Kier molecular flexibility index (Phi) is 5.84. The zero-order chi connectivity index (χ0) is 9.56. The first-order chi connectivity index (χ1) is 5.57.